The summed E-state index contributed by atoms with van der Waals surface area (Å²) < 4.78 is 13.7. The van der Waals surface area contributed by atoms with Crippen LogP contribution in [0.2, 0.25) is 0 Å². The molecule has 1 amide bonds. The highest BCUT2D eigenvalue weighted by Crippen LogP contribution is 2.24. The molecule has 1 heterocycles. The third-order valence-corrected chi connectivity index (χ3v) is 3.70. The number of hydrogen-bond donors (Lipinski definition) is 2. The molecule has 5 nitrogen and oxygen atoms in total. The number of anilines is 2. The third kappa shape index (κ3) is 3.48. The summed E-state index contributed by atoms with van der Waals surface area (Å²) in [5.41, 5.74) is 0.352. The molecule has 2 rings (SSSR count). The first-order chi connectivity index (χ1) is 9.10. The number of nitrogens with zero attached hydrogens (tertiary/aromatic N) is 2. The maximum atomic E-state index is 13.1. The van der Waals surface area contributed by atoms with E-state index in [0.717, 1.165) is 11.3 Å². The summed E-state index contributed by atoms with van der Waals surface area (Å²) >= 11 is 4.38. The molecule has 19 heavy (non-hydrogen) atoms. The molecule has 1 aromatic carbocycles. The highest BCUT2D eigenvalue weighted by Gasteiger charge is 2.14. The van der Waals surface area contributed by atoms with E-state index in [4.69, 9.17) is 0 Å². The molecule has 0 saturated carbocycles. The van der Waals surface area contributed by atoms with Crippen molar-refractivity contribution in [3.63, 3.8) is 0 Å². The van der Waals surface area contributed by atoms with Gasteiger partial charge in [0.1, 0.15) is 5.82 Å². The minimum Gasteiger partial charge on any atom is -0.360 e. The van der Waals surface area contributed by atoms with Crippen LogP contribution in [0.5, 0.6) is 0 Å². The molecule has 0 saturated heterocycles. The first-order valence-electron chi connectivity index (χ1n) is 5.44. The number of nitrogens with one attached hydrogen (secondary N) is 2. The van der Waals surface area contributed by atoms with Crippen LogP contribution < -0.4 is 10.6 Å². The molecule has 0 atom stereocenters. The summed E-state index contributed by atoms with van der Waals surface area (Å²) in [5.74, 6) is -0.850. The SMILES string of the molecule is CCNc1nnc(C(=O)Nc2cc(F)ccc2Br)s1. The van der Waals surface area contributed by atoms with Gasteiger partial charge in [0.2, 0.25) is 10.1 Å². The maximum Gasteiger partial charge on any atom is 0.286 e. The first-order valence-corrected chi connectivity index (χ1v) is 7.05. The number of halogens is 2. The van der Waals surface area contributed by atoms with Crippen molar-refractivity contribution in [1.29, 1.82) is 0 Å². The Balaban J connectivity index is 2.13. The van der Waals surface area contributed by atoms with Crippen molar-refractivity contribution in [3.8, 4) is 0 Å². The fourth-order valence-corrected chi connectivity index (χ4v) is 2.36. The highest BCUT2D eigenvalue weighted by atomic mass is 79.9. The van der Waals surface area contributed by atoms with E-state index in [9.17, 15) is 9.18 Å². The molecule has 0 bridgehead atoms. The zero-order valence-electron chi connectivity index (χ0n) is 9.91. The molecule has 0 radical (unpaired) electrons. The van der Waals surface area contributed by atoms with E-state index < -0.39 is 11.7 Å². The smallest absolute Gasteiger partial charge is 0.286 e. The van der Waals surface area contributed by atoms with E-state index in [-0.39, 0.29) is 5.01 Å². The van der Waals surface area contributed by atoms with Gasteiger partial charge in [0.15, 0.2) is 0 Å². The molecule has 1 aromatic heterocycles. The Morgan fingerprint density at radius 3 is 3.00 bits per heavy atom. The predicted octanol–water partition coefficient (Wildman–Crippen LogP) is 3.12. The Hall–Kier alpha value is -1.54. The van der Waals surface area contributed by atoms with Crippen LogP contribution in [0.15, 0.2) is 22.7 Å². The normalized spacial score (nSPS) is 10.3. The molecule has 0 aliphatic rings. The Morgan fingerprint density at radius 1 is 1.47 bits per heavy atom. The van der Waals surface area contributed by atoms with Crippen molar-refractivity contribution in [2.24, 2.45) is 0 Å². The summed E-state index contributed by atoms with van der Waals surface area (Å²) in [4.78, 5) is 11.9. The van der Waals surface area contributed by atoms with Gasteiger partial charge >= 0.3 is 0 Å². The topological polar surface area (TPSA) is 66.9 Å². The van der Waals surface area contributed by atoms with Crippen molar-refractivity contribution in [3.05, 3.63) is 33.5 Å². The number of rotatable bonds is 4. The van der Waals surface area contributed by atoms with Crippen molar-refractivity contribution in [2.45, 2.75) is 6.92 Å². The molecule has 2 N–H and O–H groups in total. The summed E-state index contributed by atoms with van der Waals surface area (Å²) in [7, 11) is 0. The average Bonchev–Trinajstić information content (AvgIpc) is 2.83. The lowest BCUT2D eigenvalue weighted by atomic mass is 10.3. The molecule has 0 aliphatic heterocycles. The van der Waals surface area contributed by atoms with Gasteiger partial charge in [-0.2, -0.15) is 0 Å². The summed E-state index contributed by atoms with van der Waals surface area (Å²) in [6, 6.07) is 4.05. The number of aromatic nitrogens is 2. The minimum atomic E-state index is -0.427. The first kappa shape index (κ1) is 13.9. The fraction of sp³-hybridized carbons (Fsp3) is 0.182. The van der Waals surface area contributed by atoms with Gasteiger partial charge in [-0.1, -0.05) is 11.3 Å². The molecular weight excluding hydrogens is 335 g/mol. The van der Waals surface area contributed by atoms with Crippen molar-refractivity contribution < 1.29 is 9.18 Å². The summed E-state index contributed by atoms with van der Waals surface area (Å²) in [6.45, 7) is 2.62. The highest BCUT2D eigenvalue weighted by molar-refractivity contribution is 9.10. The zero-order valence-corrected chi connectivity index (χ0v) is 12.3. The number of hydrogen-bond acceptors (Lipinski definition) is 5. The van der Waals surface area contributed by atoms with Crippen LogP contribution in [0.1, 0.15) is 16.7 Å². The number of carbonyl (C=O) groups is 1. The van der Waals surface area contributed by atoms with Gasteiger partial charge in [-0.3, -0.25) is 4.79 Å². The van der Waals surface area contributed by atoms with Crippen molar-refractivity contribution >= 4 is 44.0 Å². The van der Waals surface area contributed by atoms with Gasteiger partial charge in [-0.05, 0) is 41.1 Å². The van der Waals surface area contributed by atoms with E-state index in [1.54, 1.807) is 0 Å². The van der Waals surface area contributed by atoms with Gasteiger partial charge in [-0.25, -0.2) is 4.39 Å². The van der Waals surface area contributed by atoms with Crippen molar-refractivity contribution in [1.82, 2.24) is 10.2 Å². The summed E-state index contributed by atoms with van der Waals surface area (Å²) in [6.07, 6.45) is 0. The zero-order chi connectivity index (χ0) is 13.8. The third-order valence-electron chi connectivity index (χ3n) is 2.12. The van der Waals surface area contributed by atoms with Crippen LogP contribution >= 0.6 is 27.3 Å². The summed E-state index contributed by atoms with van der Waals surface area (Å²) in [5, 5.41) is 13.9. The van der Waals surface area contributed by atoms with Crippen molar-refractivity contribution in [2.75, 3.05) is 17.2 Å². The van der Waals surface area contributed by atoms with Gasteiger partial charge in [0.05, 0.1) is 5.69 Å². The van der Waals surface area contributed by atoms with E-state index in [1.165, 1.54) is 18.2 Å². The maximum absolute atomic E-state index is 13.1. The van der Waals surface area contributed by atoms with Crippen LogP contribution in [-0.2, 0) is 0 Å². The van der Waals surface area contributed by atoms with Gasteiger partial charge in [-0.15, -0.1) is 10.2 Å². The van der Waals surface area contributed by atoms with E-state index in [2.05, 4.69) is 36.8 Å². The second kappa shape index (κ2) is 6.07. The van der Waals surface area contributed by atoms with E-state index >= 15 is 0 Å². The fourth-order valence-electron chi connectivity index (χ4n) is 1.31. The van der Waals surface area contributed by atoms with Crippen LogP contribution in [-0.4, -0.2) is 22.6 Å². The molecular formula is C11H10BrFN4OS. The Morgan fingerprint density at radius 2 is 2.26 bits per heavy atom. The number of carbonyl (C=O) groups excluding carboxylic acids is 1. The number of amides is 1. The van der Waals surface area contributed by atoms with Crippen LogP contribution in [0.25, 0.3) is 0 Å². The minimum absolute atomic E-state index is 0.215. The molecule has 0 unspecified atom stereocenters. The Labute approximate surface area is 121 Å². The monoisotopic (exact) mass is 344 g/mol. The lowest BCUT2D eigenvalue weighted by molar-refractivity contribution is 0.102. The second-order valence-corrected chi connectivity index (χ2v) is 5.35. The lowest BCUT2D eigenvalue weighted by Gasteiger charge is -2.05. The largest absolute Gasteiger partial charge is 0.360 e. The molecule has 0 spiro atoms. The average molecular weight is 345 g/mol. The Kier molecular flexibility index (Phi) is 4.43. The van der Waals surface area contributed by atoms with Crippen LogP contribution in [0.3, 0.4) is 0 Å². The van der Waals surface area contributed by atoms with Gasteiger partial charge in [0.25, 0.3) is 5.91 Å². The molecule has 2 aromatic rings. The van der Waals surface area contributed by atoms with Crippen LogP contribution in [0, 0.1) is 5.82 Å². The predicted molar refractivity (Wildman–Crippen MR) is 76.1 cm³/mol. The quantitative estimate of drug-likeness (QED) is 0.894. The number of benzene rings is 1. The lowest BCUT2D eigenvalue weighted by Crippen LogP contribution is -2.12. The Bertz CT molecular complexity index is 604. The van der Waals surface area contributed by atoms with E-state index in [1.807, 2.05) is 6.92 Å². The standard InChI is InChI=1S/C11H10BrFN4OS/c1-2-14-11-17-16-10(19-11)9(18)15-8-5-6(13)3-4-7(8)12/h3-5H,2H2,1H3,(H,14,17)(H,15,18). The molecule has 8 heteroatoms. The molecule has 0 fully saturated rings. The van der Waals surface area contributed by atoms with Gasteiger partial charge < -0.3 is 10.6 Å². The van der Waals surface area contributed by atoms with E-state index in [0.29, 0.717) is 21.8 Å². The second-order valence-electron chi connectivity index (χ2n) is 3.52. The molecule has 0 aliphatic carbocycles. The van der Waals surface area contributed by atoms with Gasteiger partial charge in [0, 0.05) is 11.0 Å². The van der Waals surface area contributed by atoms with Crippen LogP contribution in [0.4, 0.5) is 15.2 Å². The molecule has 100 valence electrons.